The molecule has 1 aromatic carbocycles. The topological polar surface area (TPSA) is 44.5 Å². The Balaban J connectivity index is 2.96. The zero-order valence-electron chi connectivity index (χ0n) is 12.2. The van der Waals surface area contributed by atoms with Gasteiger partial charge in [0.25, 0.3) is 0 Å². The first-order chi connectivity index (χ1) is 9.04. The molecule has 1 atom stereocenters. The van der Waals surface area contributed by atoms with Crippen LogP contribution in [-0.4, -0.2) is 25.9 Å². The lowest BCUT2D eigenvalue weighted by Crippen LogP contribution is -2.50. The van der Waals surface area contributed by atoms with E-state index in [0.29, 0.717) is 12.0 Å². The van der Waals surface area contributed by atoms with E-state index in [0.717, 1.165) is 12.8 Å². The highest BCUT2D eigenvalue weighted by Crippen LogP contribution is 2.27. The van der Waals surface area contributed by atoms with Crippen LogP contribution in [0.5, 0.6) is 5.75 Å². The fourth-order valence-electron chi connectivity index (χ4n) is 2.51. The molecule has 0 bridgehead atoms. The molecule has 0 spiro atoms. The Labute approximate surface area is 114 Å². The standard InChI is InChI=1S/C15H24FNO2/c1-5-15(6-2,19-4)13(17)10-11-8-7-9-12(18-3)14(11)16/h7-9,13H,5-6,10,17H2,1-4H3. The smallest absolute Gasteiger partial charge is 0.168 e. The molecule has 1 unspecified atom stereocenters. The van der Waals surface area contributed by atoms with Crippen LogP contribution in [0.1, 0.15) is 32.3 Å². The molecule has 0 amide bonds. The molecule has 0 fully saturated rings. The molecule has 0 heterocycles. The minimum absolute atomic E-state index is 0.251. The second-order valence-corrected chi connectivity index (χ2v) is 4.72. The van der Waals surface area contributed by atoms with Gasteiger partial charge in [-0.15, -0.1) is 0 Å². The summed E-state index contributed by atoms with van der Waals surface area (Å²) < 4.78 is 24.7. The van der Waals surface area contributed by atoms with Gasteiger partial charge in [-0.1, -0.05) is 26.0 Å². The number of hydrogen-bond acceptors (Lipinski definition) is 3. The lowest BCUT2D eigenvalue weighted by molar-refractivity contribution is -0.0375. The van der Waals surface area contributed by atoms with Gasteiger partial charge in [-0.2, -0.15) is 0 Å². The molecule has 1 aromatic rings. The molecule has 0 aliphatic rings. The summed E-state index contributed by atoms with van der Waals surface area (Å²) in [6.07, 6.45) is 2.03. The highest BCUT2D eigenvalue weighted by Gasteiger charge is 2.33. The number of rotatable bonds is 7. The molecule has 0 saturated carbocycles. The lowest BCUT2D eigenvalue weighted by Gasteiger charge is -2.36. The first kappa shape index (κ1) is 15.9. The molecule has 2 N–H and O–H groups in total. The number of halogens is 1. The first-order valence-electron chi connectivity index (χ1n) is 6.66. The monoisotopic (exact) mass is 269 g/mol. The van der Waals surface area contributed by atoms with Crippen molar-refractivity contribution in [3.8, 4) is 5.75 Å². The fraction of sp³-hybridized carbons (Fsp3) is 0.600. The maximum Gasteiger partial charge on any atom is 0.168 e. The average Bonchev–Trinajstić information content (AvgIpc) is 2.44. The Hall–Kier alpha value is -1.13. The zero-order chi connectivity index (χ0) is 14.5. The molecule has 19 heavy (non-hydrogen) atoms. The normalized spacial score (nSPS) is 13.4. The van der Waals surface area contributed by atoms with Crippen molar-refractivity contribution in [1.82, 2.24) is 0 Å². The molecule has 108 valence electrons. The van der Waals surface area contributed by atoms with Gasteiger partial charge >= 0.3 is 0 Å². The Morgan fingerprint density at radius 1 is 1.26 bits per heavy atom. The van der Waals surface area contributed by atoms with E-state index < -0.39 is 5.60 Å². The largest absolute Gasteiger partial charge is 0.494 e. The Morgan fingerprint density at radius 2 is 1.89 bits per heavy atom. The maximum absolute atomic E-state index is 14.1. The molecule has 0 aromatic heterocycles. The van der Waals surface area contributed by atoms with Gasteiger partial charge in [-0.3, -0.25) is 0 Å². The number of hydrogen-bond donors (Lipinski definition) is 1. The van der Waals surface area contributed by atoms with Crippen molar-refractivity contribution in [1.29, 1.82) is 0 Å². The fourth-order valence-corrected chi connectivity index (χ4v) is 2.51. The van der Waals surface area contributed by atoms with Crippen LogP contribution in [0, 0.1) is 5.82 Å². The van der Waals surface area contributed by atoms with Gasteiger partial charge in [0.1, 0.15) is 0 Å². The van der Waals surface area contributed by atoms with Crippen LogP contribution in [0.15, 0.2) is 18.2 Å². The summed E-state index contributed by atoms with van der Waals surface area (Å²) in [6, 6.07) is 4.86. The second-order valence-electron chi connectivity index (χ2n) is 4.72. The minimum Gasteiger partial charge on any atom is -0.494 e. The van der Waals surface area contributed by atoms with E-state index in [9.17, 15) is 4.39 Å². The van der Waals surface area contributed by atoms with Crippen molar-refractivity contribution in [2.24, 2.45) is 5.73 Å². The van der Waals surface area contributed by atoms with Crippen molar-refractivity contribution < 1.29 is 13.9 Å². The Kier molecular flexibility index (Phi) is 5.76. The zero-order valence-corrected chi connectivity index (χ0v) is 12.2. The molecule has 0 saturated heterocycles. The van der Waals surface area contributed by atoms with Gasteiger partial charge in [0.15, 0.2) is 11.6 Å². The van der Waals surface area contributed by atoms with Crippen LogP contribution < -0.4 is 10.5 Å². The number of benzene rings is 1. The first-order valence-corrected chi connectivity index (χ1v) is 6.66. The van der Waals surface area contributed by atoms with Crippen molar-refractivity contribution in [3.63, 3.8) is 0 Å². The summed E-state index contributed by atoms with van der Waals surface area (Å²) in [5.74, 6) is -0.0848. The maximum atomic E-state index is 14.1. The molecule has 0 aliphatic carbocycles. The second kappa shape index (κ2) is 6.87. The van der Waals surface area contributed by atoms with E-state index in [2.05, 4.69) is 0 Å². The average molecular weight is 269 g/mol. The van der Waals surface area contributed by atoms with E-state index in [4.69, 9.17) is 15.2 Å². The van der Waals surface area contributed by atoms with E-state index in [1.807, 2.05) is 13.8 Å². The summed E-state index contributed by atoms with van der Waals surface area (Å²) in [4.78, 5) is 0. The lowest BCUT2D eigenvalue weighted by atomic mass is 9.85. The quantitative estimate of drug-likeness (QED) is 0.827. The van der Waals surface area contributed by atoms with Crippen molar-refractivity contribution in [3.05, 3.63) is 29.6 Å². The van der Waals surface area contributed by atoms with Crippen molar-refractivity contribution in [2.75, 3.05) is 14.2 Å². The predicted molar refractivity (Wildman–Crippen MR) is 75.0 cm³/mol. The summed E-state index contributed by atoms with van der Waals surface area (Å²) in [5, 5.41) is 0. The number of nitrogens with two attached hydrogens (primary N) is 1. The predicted octanol–water partition coefficient (Wildman–Crippen LogP) is 2.91. The number of methoxy groups -OCH3 is 2. The molecule has 0 radical (unpaired) electrons. The van der Waals surface area contributed by atoms with E-state index in [1.165, 1.54) is 7.11 Å². The molecule has 1 rings (SSSR count). The third kappa shape index (κ3) is 3.25. The third-order valence-corrected chi connectivity index (χ3v) is 3.98. The van der Waals surface area contributed by atoms with Crippen molar-refractivity contribution in [2.45, 2.75) is 44.8 Å². The van der Waals surface area contributed by atoms with Gasteiger partial charge in [-0.25, -0.2) is 4.39 Å². The van der Waals surface area contributed by atoms with E-state index in [-0.39, 0.29) is 17.6 Å². The molecule has 3 nitrogen and oxygen atoms in total. The summed E-state index contributed by atoms with van der Waals surface area (Å²) in [5.41, 5.74) is 6.40. The van der Waals surface area contributed by atoms with Gasteiger partial charge in [0, 0.05) is 13.2 Å². The SMILES string of the molecule is CCC(CC)(OC)C(N)Cc1cccc(OC)c1F. The van der Waals surface area contributed by atoms with Gasteiger partial charge in [0.05, 0.1) is 12.7 Å². The summed E-state index contributed by atoms with van der Waals surface area (Å²) in [7, 11) is 3.12. The van der Waals surface area contributed by atoms with E-state index in [1.54, 1.807) is 25.3 Å². The van der Waals surface area contributed by atoms with Crippen LogP contribution in [-0.2, 0) is 11.2 Å². The molecule has 0 aliphatic heterocycles. The molecular weight excluding hydrogens is 245 g/mol. The summed E-state index contributed by atoms with van der Waals surface area (Å²) in [6.45, 7) is 4.07. The van der Waals surface area contributed by atoms with Crippen LogP contribution >= 0.6 is 0 Å². The minimum atomic E-state index is -0.407. The van der Waals surface area contributed by atoms with E-state index >= 15 is 0 Å². The highest BCUT2D eigenvalue weighted by atomic mass is 19.1. The highest BCUT2D eigenvalue weighted by molar-refractivity contribution is 5.31. The Morgan fingerprint density at radius 3 is 2.37 bits per heavy atom. The summed E-state index contributed by atoms with van der Waals surface area (Å²) >= 11 is 0. The van der Waals surface area contributed by atoms with Crippen LogP contribution in [0.4, 0.5) is 4.39 Å². The van der Waals surface area contributed by atoms with Crippen LogP contribution in [0.25, 0.3) is 0 Å². The number of ether oxygens (including phenoxy) is 2. The Bertz CT molecular complexity index is 397. The third-order valence-electron chi connectivity index (χ3n) is 3.98. The van der Waals surface area contributed by atoms with Gasteiger partial charge < -0.3 is 15.2 Å². The van der Waals surface area contributed by atoms with Crippen LogP contribution in [0.3, 0.4) is 0 Å². The van der Waals surface area contributed by atoms with Crippen LogP contribution in [0.2, 0.25) is 0 Å². The van der Waals surface area contributed by atoms with Gasteiger partial charge in [-0.05, 0) is 30.9 Å². The van der Waals surface area contributed by atoms with Gasteiger partial charge in [0.2, 0.25) is 0 Å². The van der Waals surface area contributed by atoms with Crippen molar-refractivity contribution >= 4 is 0 Å². The molecular formula is C15H24FNO2. The molecule has 4 heteroatoms.